The summed E-state index contributed by atoms with van der Waals surface area (Å²) in [6, 6.07) is 5.50. The highest BCUT2D eigenvalue weighted by Gasteiger charge is 2.53. The number of ether oxygens (including phenoxy) is 4. The summed E-state index contributed by atoms with van der Waals surface area (Å²) in [6.45, 7) is -1.38. The fourth-order valence-electron chi connectivity index (χ4n) is 4.59. The molecule has 0 aromatic heterocycles. The van der Waals surface area contributed by atoms with E-state index in [-0.39, 0.29) is 11.3 Å². The lowest BCUT2D eigenvalue weighted by Gasteiger charge is -2.46. The topological polar surface area (TPSA) is 265 Å². The van der Waals surface area contributed by atoms with Crippen LogP contribution in [0.25, 0.3) is 0 Å². The van der Waals surface area contributed by atoms with E-state index in [1.807, 2.05) is 0 Å². The molecule has 39 heavy (non-hydrogen) atoms. The predicted molar refractivity (Wildman–Crippen MR) is 125 cm³/mol. The maximum atomic E-state index is 11.6. The van der Waals surface area contributed by atoms with Crippen molar-refractivity contribution >= 4 is 17.6 Å². The quantitative estimate of drug-likeness (QED) is 0.115. The predicted octanol–water partition coefficient (Wildman–Crippen LogP) is -3.86. The van der Waals surface area contributed by atoms with E-state index in [2.05, 4.69) is 5.32 Å². The van der Waals surface area contributed by atoms with E-state index < -0.39 is 98.5 Å². The first-order valence-corrected chi connectivity index (χ1v) is 11.9. The van der Waals surface area contributed by atoms with E-state index >= 15 is 0 Å². The highest BCUT2D eigenvalue weighted by atomic mass is 16.7. The minimum Gasteiger partial charge on any atom is -0.479 e. The van der Waals surface area contributed by atoms with Gasteiger partial charge in [0, 0.05) is 13.0 Å². The summed E-state index contributed by atoms with van der Waals surface area (Å²) in [5.74, 6) is -4.33. The Bertz CT molecular complexity index is 981. The second-order valence-corrected chi connectivity index (χ2v) is 9.18. The van der Waals surface area contributed by atoms with Gasteiger partial charge in [-0.15, -0.1) is 0 Å². The van der Waals surface area contributed by atoms with E-state index in [9.17, 15) is 55.5 Å². The minimum atomic E-state index is -1.90. The Morgan fingerprint density at radius 2 is 1.72 bits per heavy atom. The Morgan fingerprint density at radius 3 is 2.31 bits per heavy atom. The van der Waals surface area contributed by atoms with Gasteiger partial charge in [0.2, 0.25) is 0 Å². The van der Waals surface area contributed by atoms with Gasteiger partial charge in [0.25, 0.3) is 0 Å². The molecule has 2 aliphatic rings. The molecular weight excluding hydrogens is 530 g/mol. The van der Waals surface area contributed by atoms with Crippen molar-refractivity contribution < 1.29 is 74.5 Å². The van der Waals surface area contributed by atoms with Crippen LogP contribution in [0.1, 0.15) is 10.4 Å². The van der Waals surface area contributed by atoms with Crippen molar-refractivity contribution in [1.82, 2.24) is 0 Å². The van der Waals surface area contributed by atoms with Crippen molar-refractivity contribution in [1.29, 1.82) is 0 Å². The van der Waals surface area contributed by atoms with Crippen LogP contribution in [0.2, 0.25) is 0 Å². The largest absolute Gasteiger partial charge is 0.479 e. The number of aliphatic carboxylic acids is 1. The zero-order valence-electron chi connectivity index (χ0n) is 20.6. The summed E-state index contributed by atoms with van der Waals surface area (Å²) < 4.78 is 21.2. The van der Waals surface area contributed by atoms with Crippen LogP contribution in [0.3, 0.4) is 0 Å². The molecule has 0 aliphatic carbocycles. The summed E-state index contributed by atoms with van der Waals surface area (Å²) in [5, 5.41) is 94.4. The van der Waals surface area contributed by atoms with E-state index in [1.54, 1.807) is 0 Å². The molecule has 0 radical (unpaired) electrons. The van der Waals surface area contributed by atoms with Gasteiger partial charge in [-0.1, -0.05) is 12.1 Å². The third-order valence-corrected chi connectivity index (χ3v) is 6.72. The van der Waals surface area contributed by atoms with Crippen LogP contribution in [0.4, 0.5) is 5.69 Å². The average molecular weight is 564 g/mol. The lowest BCUT2D eigenvalue weighted by atomic mass is 9.86. The first-order valence-electron chi connectivity index (χ1n) is 11.9. The van der Waals surface area contributed by atoms with Crippen LogP contribution in [-0.4, -0.2) is 146 Å². The molecule has 2 heterocycles. The third kappa shape index (κ3) is 6.64. The van der Waals surface area contributed by atoms with Crippen LogP contribution < -0.4 is 5.32 Å². The van der Waals surface area contributed by atoms with Gasteiger partial charge in [-0.3, -0.25) is 0 Å². The van der Waals surface area contributed by atoms with Gasteiger partial charge in [-0.05, 0) is 12.1 Å². The fraction of sp³-hybridized carbons (Fsp3) is 0.652. The summed E-state index contributed by atoms with van der Waals surface area (Å²) in [5.41, 5.74) is -0.275. The number of aromatic carboxylic acids is 1. The number of hydrogen-bond donors (Lipinski definition) is 10. The van der Waals surface area contributed by atoms with Crippen molar-refractivity contribution in [2.24, 2.45) is 5.92 Å². The highest BCUT2D eigenvalue weighted by molar-refractivity contribution is 5.94. The van der Waals surface area contributed by atoms with Gasteiger partial charge < -0.3 is 70.2 Å². The number of carbonyl (C=O) groups is 2. The summed E-state index contributed by atoms with van der Waals surface area (Å²) in [6.07, 6.45) is -19.2. The first kappa shape index (κ1) is 31.1. The normalized spacial score (nSPS) is 35.5. The Kier molecular flexibility index (Phi) is 10.5. The van der Waals surface area contributed by atoms with E-state index in [1.165, 1.54) is 24.3 Å². The van der Waals surface area contributed by atoms with Gasteiger partial charge in [-0.25, -0.2) is 9.59 Å². The number of aliphatic hydroxyl groups is 7. The van der Waals surface area contributed by atoms with Crippen LogP contribution in [0.5, 0.6) is 0 Å². The summed E-state index contributed by atoms with van der Waals surface area (Å²) >= 11 is 0. The number of hydrogen-bond acceptors (Lipinski definition) is 14. The molecule has 16 nitrogen and oxygen atoms in total. The fourth-order valence-corrected chi connectivity index (χ4v) is 4.59. The number of anilines is 1. The standard InChI is InChI=1S/C23H33NO15/c1-36-17-14(29)15(30)23(39-19(17)22(34)35)38-18-13(28)11(26)7-37-16(18)9(6-25)12(27)20(31)24-10-5-3-2-4-8(10)21(32)33/h2-5,9,11-20,23-31H,6-7H2,1H3,(H,32,33)(H,34,35)/t9-,11-,12+,13+,14-,15-,16-,17+,18-,19+,20-,23-/m1/s1. The maximum absolute atomic E-state index is 11.6. The molecule has 0 amide bonds. The van der Waals surface area contributed by atoms with Crippen LogP contribution in [0.15, 0.2) is 24.3 Å². The number of rotatable bonds is 11. The van der Waals surface area contributed by atoms with Crippen molar-refractivity contribution in [2.45, 2.75) is 67.5 Å². The second kappa shape index (κ2) is 13.2. The second-order valence-electron chi connectivity index (χ2n) is 9.18. The zero-order chi connectivity index (χ0) is 29.0. The lowest BCUT2D eigenvalue weighted by molar-refractivity contribution is -0.336. The number of carboxylic acid groups (broad SMARTS) is 2. The molecular formula is C23H33NO15. The third-order valence-electron chi connectivity index (χ3n) is 6.72. The molecule has 0 unspecified atom stereocenters. The smallest absolute Gasteiger partial charge is 0.337 e. The molecule has 2 aliphatic heterocycles. The molecule has 1 aromatic carbocycles. The van der Waals surface area contributed by atoms with E-state index in [4.69, 9.17) is 18.9 Å². The molecule has 2 fully saturated rings. The minimum absolute atomic E-state index is 0.0545. The Morgan fingerprint density at radius 1 is 1.05 bits per heavy atom. The Labute approximate surface area is 221 Å². The van der Waals surface area contributed by atoms with Gasteiger partial charge in [0.1, 0.15) is 42.7 Å². The highest BCUT2D eigenvalue weighted by Crippen LogP contribution is 2.32. The van der Waals surface area contributed by atoms with Crippen molar-refractivity contribution in [3.05, 3.63) is 29.8 Å². The lowest BCUT2D eigenvalue weighted by Crippen LogP contribution is -2.65. The molecule has 12 atom stereocenters. The monoisotopic (exact) mass is 563 g/mol. The Balaban J connectivity index is 1.83. The summed E-state index contributed by atoms with van der Waals surface area (Å²) in [4.78, 5) is 23.1. The van der Waals surface area contributed by atoms with Gasteiger partial charge in [0.15, 0.2) is 18.6 Å². The van der Waals surface area contributed by atoms with Crippen LogP contribution in [0, 0.1) is 5.92 Å². The van der Waals surface area contributed by atoms with Crippen molar-refractivity contribution in [3.8, 4) is 0 Å². The zero-order valence-corrected chi connectivity index (χ0v) is 20.6. The molecule has 3 rings (SSSR count). The van der Waals surface area contributed by atoms with E-state index in [0.717, 1.165) is 7.11 Å². The number of carboxylic acids is 2. The van der Waals surface area contributed by atoms with Crippen molar-refractivity contribution in [3.63, 3.8) is 0 Å². The number of nitrogens with one attached hydrogen (secondary N) is 1. The van der Waals surface area contributed by atoms with Gasteiger partial charge >= 0.3 is 11.9 Å². The van der Waals surface area contributed by atoms with Gasteiger partial charge in [-0.2, -0.15) is 0 Å². The molecule has 220 valence electrons. The molecule has 0 spiro atoms. The molecule has 10 N–H and O–H groups in total. The Hall–Kier alpha value is -2.48. The molecule has 0 saturated carbocycles. The number of benzene rings is 1. The maximum Gasteiger partial charge on any atom is 0.337 e. The van der Waals surface area contributed by atoms with Crippen molar-refractivity contribution in [2.75, 3.05) is 25.6 Å². The first-order chi connectivity index (χ1) is 18.4. The average Bonchev–Trinajstić information content (AvgIpc) is 2.90. The van der Waals surface area contributed by atoms with Gasteiger partial charge in [0.05, 0.1) is 30.6 Å². The summed E-state index contributed by atoms with van der Waals surface area (Å²) in [7, 11) is 1.09. The molecule has 1 aromatic rings. The number of aliphatic hydroxyl groups excluding tert-OH is 7. The van der Waals surface area contributed by atoms with E-state index in [0.29, 0.717) is 0 Å². The van der Waals surface area contributed by atoms with Crippen LogP contribution in [-0.2, 0) is 23.7 Å². The molecule has 16 heteroatoms. The number of para-hydroxylation sites is 1. The van der Waals surface area contributed by atoms with Crippen LogP contribution >= 0.6 is 0 Å². The molecule has 0 bridgehead atoms. The number of methoxy groups -OCH3 is 1. The SMILES string of the molecule is CO[C@H]1[C@H](O)[C@@H](O)[C@H](O[C@@H]2[C@@H](O)[C@H](O)CO[C@@H]2[C@H](CO)[C@H](O)[C@@H](O)Nc2ccccc2C(=O)O)O[C@@H]1C(=O)O. The molecule has 2 saturated heterocycles.